The standard InChI is InChI=1S/C12H17NO2/c1-13-6-5-9-7-10(3-4-11(9)13)12(14)8-15-2/h3-4,7,12,14H,5-6,8H2,1-2H3. The average molecular weight is 207 g/mol. The minimum atomic E-state index is -0.508. The molecule has 1 N–H and O–H groups in total. The molecule has 0 fully saturated rings. The van der Waals surface area contributed by atoms with Gasteiger partial charge in [-0.05, 0) is 23.6 Å². The first-order valence-electron chi connectivity index (χ1n) is 5.23. The summed E-state index contributed by atoms with van der Waals surface area (Å²) in [6, 6.07) is 6.14. The molecule has 3 nitrogen and oxygen atoms in total. The summed E-state index contributed by atoms with van der Waals surface area (Å²) in [5, 5.41) is 9.78. The molecular formula is C12H17NO2. The number of hydrogen-bond donors (Lipinski definition) is 1. The van der Waals surface area contributed by atoms with Gasteiger partial charge in [0, 0.05) is 26.4 Å². The number of fused-ring (bicyclic) bond motifs is 1. The van der Waals surface area contributed by atoms with E-state index in [0.29, 0.717) is 6.61 Å². The van der Waals surface area contributed by atoms with E-state index in [1.807, 2.05) is 6.07 Å². The molecule has 1 aliphatic rings. The zero-order chi connectivity index (χ0) is 10.8. The Balaban J connectivity index is 2.23. The summed E-state index contributed by atoms with van der Waals surface area (Å²) in [5.41, 5.74) is 3.56. The number of hydrogen-bond acceptors (Lipinski definition) is 3. The molecule has 0 saturated carbocycles. The van der Waals surface area contributed by atoms with Crippen LogP contribution in [0.15, 0.2) is 18.2 Å². The summed E-state index contributed by atoms with van der Waals surface area (Å²) in [7, 11) is 3.70. The van der Waals surface area contributed by atoms with Crippen molar-refractivity contribution in [2.75, 3.05) is 32.2 Å². The Hall–Kier alpha value is -1.06. The molecule has 2 rings (SSSR count). The van der Waals surface area contributed by atoms with Crippen LogP contribution in [0.4, 0.5) is 5.69 Å². The van der Waals surface area contributed by atoms with Crippen molar-refractivity contribution in [3.8, 4) is 0 Å². The second kappa shape index (κ2) is 4.21. The summed E-state index contributed by atoms with van der Waals surface area (Å²) in [5.74, 6) is 0. The van der Waals surface area contributed by atoms with Crippen LogP contribution in [0.1, 0.15) is 17.2 Å². The van der Waals surface area contributed by atoms with E-state index in [2.05, 4.69) is 24.1 Å². The van der Waals surface area contributed by atoms with Gasteiger partial charge in [0.05, 0.1) is 6.61 Å². The van der Waals surface area contributed by atoms with Gasteiger partial charge in [0.25, 0.3) is 0 Å². The Bertz CT molecular complexity index is 351. The summed E-state index contributed by atoms with van der Waals surface area (Å²) >= 11 is 0. The van der Waals surface area contributed by atoms with Crippen molar-refractivity contribution in [1.29, 1.82) is 0 Å². The van der Waals surface area contributed by atoms with Gasteiger partial charge in [-0.1, -0.05) is 12.1 Å². The molecule has 0 aromatic heterocycles. The predicted molar refractivity (Wildman–Crippen MR) is 60.3 cm³/mol. The molecule has 1 aromatic carbocycles. The molecule has 0 radical (unpaired) electrons. The Morgan fingerprint density at radius 2 is 2.33 bits per heavy atom. The fourth-order valence-electron chi connectivity index (χ4n) is 2.05. The molecule has 0 saturated heterocycles. The van der Waals surface area contributed by atoms with Gasteiger partial charge in [-0.15, -0.1) is 0 Å². The second-order valence-electron chi connectivity index (χ2n) is 4.03. The molecule has 0 bridgehead atoms. The van der Waals surface area contributed by atoms with Gasteiger partial charge >= 0.3 is 0 Å². The van der Waals surface area contributed by atoms with E-state index >= 15 is 0 Å². The number of methoxy groups -OCH3 is 1. The van der Waals surface area contributed by atoms with Crippen LogP contribution >= 0.6 is 0 Å². The number of anilines is 1. The van der Waals surface area contributed by atoms with E-state index < -0.39 is 6.10 Å². The van der Waals surface area contributed by atoms with Crippen molar-refractivity contribution >= 4 is 5.69 Å². The lowest BCUT2D eigenvalue weighted by Gasteiger charge is -2.14. The summed E-state index contributed by atoms with van der Waals surface area (Å²) in [4.78, 5) is 2.24. The van der Waals surface area contributed by atoms with E-state index in [1.165, 1.54) is 11.3 Å². The summed E-state index contributed by atoms with van der Waals surface area (Å²) < 4.78 is 4.94. The van der Waals surface area contributed by atoms with Crippen molar-refractivity contribution in [3.63, 3.8) is 0 Å². The van der Waals surface area contributed by atoms with E-state index in [9.17, 15) is 5.11 Å². The van der Waals surface area contributed by atoms with Gasteiger partial charge in [0.2, 0.25) is 0 Å². The molecule has 3 heteroatoms. The fourth-order valence-corrected chi connectivity index (χ4v) is 2.05. The van der Waals surface area contributed by atoms with Crippen LogP contribution in [0, 0.1) is 0 Å². The number of ether oxygens (including phenoxy) is 1. The monoisotopic (exact) mass is 207 g/mol. The van der Waals surface area contributed by atoms with Crippen molar-refractivity contribution in [2.45, 2.75) is 12.5 Å². The quantitative estimate of drug-likeness (QED) is 0.812. The normalized spacial score (nSPS) is 16.6. The van der Waals surface area contributed by atoms with Crippen LogP contribution in [-0.4, -0.2) is 32.4 Å². The number of aliphatic hydroxyl groups is 1. The number of aliphatic hydroxyl groups excluding tert-OH is 1. The molecule has 1 aromatic rings. The first-order chi connectivity index (χ1) is 7.22. The smallest absolute Gasteiger partial charge is 0.102 e. The number of nitrogens with zero attached hydrogens (tertiary/aromatic N) is 1. The first-order valence-corrected chi connectivity index (χ1v) is 5.23. The highest BCUT2D eigenvalue weighted by atomic mass is 16.5. The van der Waals surface area contributed by atoms with E-state index in [0.717, 1.165) is 18.5 Å². The van der Waals surface area contributed by atoms with E-state index in [1.54, 1.807) is 7.11 Å². The van der Waals surface area contributed by atoms with Crippen molar-refractivity contribution in [2.24, 2.45) is 0 Å². The van der Waals surface area contributed by atoms with Crippen molar-refractivity contribution in [3.05, 3.63) is 29.3 Å². The van der Waals surface area contributed by atoms with Gasteiger partial charge in [-0.2, -0.15) is 0 Å². The van der Waals surface area contributed by atoms with Crippen LogP contribution in [0.3, 0.4) is 0 Å². The van der Waals surface area contributed by atoms with Gasteiger partial charge in [0.1, 0.15) is 6.10 Å². The van der Waals surface area contributed by atoms with Crippen molar-refractivity contribution < 1.29 is 9.84 Å². The molecule has 1 unspecified atom stereocenters. The minimum absolute atomic E-state index is 0.356. The largest absolute Gasteiger partial charge is 0.386 e. The first kappa shape index (κ1) is 10.5. The highest BCUT2D eigenvalue weighted by Gasteiger charge is 2.17. The van der Waals surface area contributed by atoms with Crippen LogP contribution in [0.25, 0.3) is 0 Å². The molecule has 0 amide bonds. The van der Waals surface area contributed by atoms with Gasteiger partial charge in [-0.25, -0.2) is 0 Å². The second-order valence-corrected chi connectivity index (χ2v) is 4.03. The highest BCUT2D eigenvalue weighted by Crippen LogP contribution is 2.29. The fraction of sp³-hybridized carbons (Fsp3) is 0.500. The number of likely N-dealkylation sites (N-methyl/N-ethyl adjacent to an activating group) is 1. The molecular weight excluding hydrogens is 190 g/mol. The highest BCUT2D eigenvalue weighted by molar-refractivity contribution is 5.58. The maximum atomic E-state index is 9.78. The molecule has 1 atom stereocenters. The number of rotatable bonds is 3. The van der Waals surface area contributed by atoms with Crippen LogP contribution in [0.2, 0.25) is 0 Å². The maximum absolute atomic E-state index is 9.78. The zero-order valence-electron chi connectivity index (χ0n) is 9.23. The lowest BCUT2D eigenvalue weighted by molar-refractivity contribution is 0.0644. The Kier molecular flexibility index (Phi) is 2.93. The van der Waals surface area contributed by atoms with Gasteiger partial charge < -0.3 is 14.7 Å². The van der Waals surface area contributed by atoms with Crippen LogP contribution < -0.4 is 4.90 Å². The molecule has 0 aliphatic carbocycles. The molecule has 15 heavy (non-hydrogen) atoms. The minimum Gasteiger partial charge on any atom is -0.386 e. The number of benzene rings is 1. The van der Waals surface area contributed by atoms with Crippen molar-refractivity contribution in [1.82, 2.24) is 0 Å². The average Bonchev–Trinajstić information content (AvgIpc) is 2.60. The molecule has 1 heterocycles. The van der Waals surface area contributed by atoms with E-state index in [-0.39, 0.29) is 0 Å². The maximum Gasteiger partial charge on any atom is 0.102 e. The Labute approximate surface area is 90.3 Å². The summed E-state index contributed by atoms with van der Waals surface area (Å²) in [6.45, 7) is 1.42. The van der Waals surface area contributed by atoms with E-state index in [4.69, 9.17) is 4.74 Å². The predicted octanol–water partition coefficient (Wildman–Crippen LogP) is 1.36. The third-order valence-corrected chi connectivity index (χ3v) is 2.94. The van der Waals surface area contributed by atoms with Crippen LogP contribution in [0.5, 0.6) is 0 Å². The molecule has 1 aliphatic heterocycles. The Morgan fingerprint density at radius 1 is 1.53 bits per heavy atom. The lowest BCUT2D eigenvalue weighted by atomic mass is 10.0. The molecule has 82 valence electrons. The zero-order valence-corrected chi connectivity index (χ0v) is 9.23. The molecule has 0 spiro atoms. The van der Waals surface area contributed by atoms with Crippen LogP contribution in [-0.2, 0) is 11.2 Å². The summed E-state index contributed by atoms with van der Waals surface area (Å²) in [6.07, 6.45) is 0.561. The third kappa shape index (κ3) is 1.98. The topological polar surface area (TPSA) is 32.7 Å². The Morgan fingerprint density at radius 3 is 3.07 bits per heavy atom. The lowest BCUT2D eigenvalue weighted by Crippen LogP contribution is -2.12. The van der Waals surface area contributed by atoms with Gasteiger partial charge in [0.15, 0.2) is 0 Å². The SMILES string of the molecule is COCC(O)c1ccc2c(c1)CCN2C. The van der Waals surface area contributed by atoms with Gasteiger partial charge in [-0.3, -0.25) is 0 Å². The third-order valence-electron chi connectivity index (χ3n) is 2.94.